The van der Waals surface area contributed by atoms with Gasteiger partial charge in [-0.05, 0) is 0 Å². The molecular formula is C5H6F3NO3. The smallest absolute Gasteiger partial charge is 0.428 e. The normalized spacial score (nSPS) is 30.6. The predicted molar refractivity (Wildman–Crippen MR) is 30.4 cm³/mol. The van der Waals surface area contributed by atoms with Crippen molar-refractivity contribution in [2.45, 2.75) is 18.4 Å². The lowest BCUT2D eigenvalue weighted by atomic mass is 10.3. The molecule has 1 rings (SSSR count). The Morgan fingerprint density at radius 3 is 2.42 bits per heavy atom. The van der Waals surface area contributed by atoms with Crippen LogP contribution in [0.4, 0.5) is 13.2 Å². The molecule has 70 valence electrons. The number of hydrogen-bond acceptors (Lipinski definition) is 3. The molecule has 2 N–H and O–H groups in total. The highest BCUT2D eigenvalue weighted by Crippen LogP contribution is 2.24. The van der Waals surface area contributed by atoms with Crippen LogP contribution in [0.15, 0.2) is 0 Å². The van der Waals surface area contributed by atoms with Gasteiger partial charge in [0.05, 0.1) is 6.61 Å². The van der Waals surface area contributed by atoms with Crippen LogP contribution < -0.4 is 5.32 Å². The number of alkyl halides is 3. The summed E-state index contributed by atoms with van der Waals surface area (Å²) >= 11 is 0. The second kappa shape index (κ2) is 2.91. The monoisotopic (exact) mass is 185 g/mol. The standard InChI is InChI=1S/C5H6F3NO3/c6-5(7,8)4-9-2(1-12-4)3(10)11/h2,4,9H,1H2,(H,10,11)/t2-,4+/m0/s1. The minimum Gasteiger partial charge on any atom is -0.480 e. The number of halogens is 3. The molecule has 1 aliphatic heterocycles. The van der Waals surface area contributed by atoms with Gasteiger partial charge in [-0.2, -0.15) is 13.2 Å². The van der Waals surface area contributed by atoms with Gasteiger partial charge in [0.2, 0.25) is 6.23 Å². The lowest BCUT2D eigenvalue weighted by Gasteiger charge is -2.13. The van der Waals surface area contributed by atoms with Gasteiger partial charge in [-0.1, -0.05) is 0 Å². The van der Waals surface area contributed by atoms with E-state index in [-0.39, 0.29) is 0 Å². The molecule has 0 saturated carbocycles. The van der Waals surface area contributed by atoms with Gasteiger partial charge < -0.3 is 9.84 Å². The summed E-state index contributed by atoms with van der Waals surface area (Å²) in [6, 6.07) is -1.27. The van der Waals surface area contributed by atoms with Crippen molar-refractivity contribution in [3.05, 3.63) is 0 Å². The highest BCUT2D eigenvalue weighted by atomic mass is 19.4. The minimum atomic E-state index is -4.55. The first kappa shape index (κ1) is 9.27. The average molecular weight is 185 g/mol. The lowest BCUT2D eigenvalue weighted by Crippen LogP contribution is -2.44. The zero-order valence-electron chi connectivity index (χ0n) is 5.76. The summed E-state index contributed by atoms with van der Waals surface area (Å²) < 4.78 is 39.6. The van der Waals surface area contributed by atoms with Crippen LogP contribution in [0.3, 0.4) is 0 Å². The predicted octanol–water partition coefficient (Wildman–Crippen LogP) is -0.0522. The molecule has 0 radical (unpaired) electrons. The third-order valence-corrected chi connectivity index (χ3v) is 1.38. The Kier molecular flexibility index (Phi) is 2.25. The highest BCUT2D eigenvalue weighted by molar-refractivity contribution is 5.73. The van der Waals surface area contributed by atoms with Crippen LogP contribution in [0.1, 0.15) is 0 Å². The van der Waals surface area contributed by atoms with Gasteiger partial charge in [0.1, 0.15) is 6.04 Å². The van der Waals surface area contributed by atoms with Crippen molar-refractivity contribution < 1.29 is 27.8 Å². The third kappa shape index (κ3) is 1.86. The van der Waals surface area contributed by atoms with Crippen LogP contribution in [0, 0.1) is 0 Å². The molecule has 0 aliphatic carbocycles. The first-order valence-corrected chi connectivity index (χ1v) is 3.08. The number of aliphatic carboxylic acids is 1. The molecule has 0 amide bonds. The van der Waals surface area contributed by atoms with Gasteiger partial charge in [0, 0.05) is 0 Å². The van der Waals surface area contributed by atoms with Crippen molar-refractivity contribution >= 4 is 5.97 Å². The maximum atomic E-state index is 11.8. The molecule has 1 fully saturated rings. The summed E-state index contributed by atoms with van der Waals surface area (Å²) in [6.07, 6.45) is -6.71. The number of carboxylic acids is 1. The number of carbonyl (C=O) groups is 1. The molecule has 0 spiro atoms. The molecule has 2 atom stereocenters. The third-order valence-electron chi connectivity index (χ3n) is 1.38. The Balaban J connectivity index is 2.51. The van der Waals surface area contributed by atoms with E-state index in [1.165, 1.54) is 0 Å². The Morgan fingerprint density at radius 2 is 2.17 bits per heavy atom. The molecule has 1 aliphatic rings. The van der Waals surface area contributed by atoms with Crippen molar-refractivity contribution in [1.82, 2.24) is 5.32 Å². The summed E-state index contributed by atoms with van der Waals surface area (Å²) in [4.78, 5) is 10.2. The van der Waals surface area contributed by atoms with Gasteiger partial charge in [0.25, 0.3) is 0 Å². The first-order chi connectivity index (χ1) is 5.41. The van der Waals surface area contributed by atoms with Crippen molar-refractivity contribution in [3.8, 4) is 0 Å². The summed E-state index contributed by atoms with van der Waals surface area (Å²) in [5.41, 5.74) is 0. The maximum Gasteiger partial charge on any atom is 0.428 e. The second-order valence-corrected chi connectivity index (χ2v) is 2.31. The summed E-state index contributed by atoms with van der Waals surface area (Å²) in [7, 11) is 0. The molecule has 7 heteroatoms. The molecule has 0 unspecified atom stereocenters. The Morgan fingerprint density at radius 1 is 1.58 bits per heavy atom. The van der Waals surface area contributed by atoms with E-state index in [1.807, 2.05) is 0 Å². The van der Waals surface area contributed by atoms with Crippen molar-refractivity contribution in [2.75, 3.05) is 6.61 Å². The van der Waals surface area contributed by atoms with Crippen molar-refractivity contribution in [2.24, 2.45) is 0 Å². The van der Waals surface area contributed by atoms with E-state index < -0.39 is 31.0 Å². The van der Waals surface area contributed by atoms with Crippen molar-refractivity contribution in [1.29, 1.82) is 0 Å². The number of ether oxygens (including phenoxy) is 1. The fourth-order valence-electron chi connectivity index (χ4n) is 0.803. The number of carboxylic acid groups (broad SMARTS) is 1. The molecule has 12 heavy (non-hydrogen) atoms. The lowest BCUT2D eigenvalue weighted by molar-refractivity contribution is -0.212. The highest BCUT2D eigenvalue weighted by Gasteiger charge is 2.47. The van der Waals surface area contributed by atoms with E-state index >= 15 is 0 Å². The van der Waals surface area contributed by atoms with Gasteiger partial charge in [-0.25, -0.2) is 0 Å². The number of nitrogens with one attached hydrogen (secondary N) is 1. The van der Waals surface area contributed by atoms with E-state index in [1.54, 1.807) is 5.32 Å². The Hall–Kier alpha value is -0.820. The quantitative estimate of drug-likeness (QED) is 0.601. The molecule has 1 heterocycles. The zero-order chi connectivity index (χ0) is 9.35. The van der Waals surface area contributed by atoms with Crippen LogP contribution in [0.25, 0.3) is 0 Å². The number of rotatable bonds is 1. The van der Waals surface area contributed by atoms with Crippen molar-refractivity contribution in [3.63, 3.8) is 0 Å². The molecular weight excluding hydrogens is 179 g/mol. The zero-order valence-corrected chi connectivity index (χ0v) is 5.76. The molecule has 0 aromatic heterocycles. The van der Waals surface area contributed by atoms with Gasteiger partial charge in [0.15, 0.2) is 0 Å². The number of hydrogen-bond donors (Lipinski definition) is 2. The summed E-state index contributed by atoms with van der Waals surface area (Å²) in [5, 5.41) is 10.1. The van der Waals surface area contributed by atoms with Crippen LogP contribution >= 0.6 is 0 Å². The molecule has 0 bridgehead atoms. The van der Waals surface area contributed by atoms with Gasteiger partial charge >= 0.3 is 12.1 Å². The Bertz CT molecular complexity index is 193. The van der Waals surface area contributed by atoms with E-state index in [2.05, 4.69) is 4.74 Å². The maximum absolute atomic E-state index is 11.8. The van der Waals surface area contributed by atoms with Gasteiger partial charge in [-0.3, -0.25) is 10.1 Å². The van der Waals surface area contributed by atoms with E-state index in [4.69, 9.17) is 5.11 Å². The molecule has 4 nitrogen and oxygen atoms in total. The summed E-state index contributed by atoms with van der Waals surface area (Å²) in [5.74, 6) is -1.35. The molecule has 0 aromatic carbocycles. The first-order valence-electron chi connectivity index (χ1n) is 3.08. The van der Waals surface area contributed by atoms with Gasteiger partial charge in [-0.15, -0.1) is 0 Å². The Labute approximate surface area is 65.3 Å². The van der Waals surface area contributed by atoms with E-state index in [0.29, 0.717) is 0 Å². The van der Waals surface area contributed by atoms with Crippen LogP contribution in [-0.4, -0.2) is 36.1 Å². The van der Waals surface area contributed by atoms with E-state index in [9.17, 15) is 18.0 Å². The fraction of sp³-hybridized carbons (Fsp3) is 0.800. The van der Waals surface area contributed by atoms with Crippen LogP contribution in [0.5, 0.6) is 0 Å². The largest absolute Gasteiger partial charge is 0.480 e. The molecule has 0 aromatic rings. The second-order valence-electron chi connectivity index (χ2n) is 2.31. The topological polar surface area (TPSA) is 58.6 Å². The van der Waals surface area contributed by atoms with Crippen LogP contribution in [-0.2, 0) is 9.53 Å². The fourth-order valence-corrected chi connectivity index (χ4v) is 0.803. The van der Waals surface area contributed by atoms with E-state index in [0.717, 1.165) is 0 Å². The average Bonchev–Trinajstić information content (AvgIpc) is 2.30. The molecule has 1 saturated heterocycles. The van der Waals surface area contributed by atoms with Crippen LogP contribution in [0.2, 0.25) is 0 Å². The minimum absolute atomic E-state index is 0.459. The summed E-state index contributed by atoms with van der Waals surface area (Å²) in [6.45, 7) is -0.459. The SMILES string of the molecule is O=C(O)[C@@H]1CO[C@H](C(F)(F)F)N1.